The van der Waals surface area contributed by atoms with Gasteiger partial charge in [-0.05, 0) is 37.6 Å². The predicted octanol–water partition coefficient (Wildman–Crippen LogP) is 3.09. The van der Waals surface area contributed by atoms with Gasteiger partial charge >= 0.3 is 0 Å². The van der Waals surface area contributed by atoms with Crippen molar-refractivity contribution in [1.82, 2.24) is 4.90 Å². The van der Waals surface area contributed by atoms with Crippen LogP contribution in [0.4, 0.5) is 0 Å². The van der Waals surface area contributed by atoms with Crippen LogP contribution < -0.4 is 0 Å². The molecular formula is C20H21NO5S. The predicted molar refractivity (Wildman–Crippen MR) is 101 cm³/mol. The summed E-state index contributed by atoms with van der Waals surface area (Å²) in [5.74, 6) is 0.635. The molecule has 0 radical (unpaired) electrons. The van der Waals surface area contributed by atoms with Crippen LogP contribution in [0.2, 0.25) is 0 Å². The van der Waals surface area contributed by atoms with Crippen molar-refractivity contribution in [3.8, 4) is 0 Å². The number of nitrogens with zero attached hydrogens (tertiary/aromatic N) is 1. The van der Waals surface area contributed by atoms with Gasteiger partial charge in [0.2, 0.25) is 5.91 Å². The van der Waals surface area contributed by atoms with Gasteiger partial charge in [-0.3, -0.25) is 4.79 Å². The lowest BCUT2D eigenvalue weighted by molar-refractivity contribution is -0.133. The van der Waals surface area contributed by atoms with E-state index >= 15 is 0 Å². The first-order chi connectivity index (χ1) is 12.9. The minimum absolute atomic E-state index is 0.00465. The van der Waals surface area contributed by atoms with Crippen molar-refractivity contribution in [2.45, 2.75) is 32.4 Å². The average Bonchev–Trinajstić information content (AvgIpc) is 3.34. The average molecular weight is 387 g/mol. The largest absolute Gasteiger partial charge is 0.467 e. The summed E-state index contributed by atoms with van der Waals surface area (Å²) < 4.78 is 34.8. The van der Waals surface area contributed by atoms with Gasteiger partial charge in [0.05, 0.1) is 37.0 Å². The number of fused-ring (bicyclic) bond motifs is 1. The number of carbonyl (C=O) groups is 1. The molecule has 0 spiro atoms. The Morgan fingerprint density at radius 3 is 2.81 bits per heavy atom. The lowest BCUT2D eigenvalue weighted by Crippen LogP contribution is -2.41. The molecule has 7 heteroatoms. The van der Waals surface area contributed by atoms with Crippen LogP contribution in [0.3, 0.4) is 0 Å². The minimum Gasteiger partial charge on any atom is -0.467 e. The third kappa shape index (κ3) is 3.78. The number of sulfone groups is 1. The Labute approximate surface area is 157 Å². The summed E-state index contributed by atoms with van der Waals surface area (Å²) in [5.41, 5.74) is 2.64. The van der Waals surface area contributed by atoms with Crippen molar-refractivity contribution in [2.75, 3.05) is 11.5 Å². The summed E-state index contributed by atoms with van der Waals surface area (Å²) >= 11 is 0. The van der Waals surface area contributed by atoms with Crippen LogP contribution in [0.25, 0.3) is 11.0 Å². The third-order valence-electron chi connectivity index (χ3n) is 5.03. The molecule has 1 aliphatic heterocycles. The first kappa shape index (κ1) is 17.9. The van der Waals surface area contributed by atoms with Crippen molar-refractivity contribution in [3.05, 3.63) is 59.7 Å². The Hall–Kier alpha value is -2.54. The molecule has 1 amide bonds. The number of aryl methyl sites for hydroxylation is 1. The van der Waals surface area contributed by atoms with Gasteiger partial charge in [0.25, 0.3) is 0 Å². The SMILES string of the molecule is Cc1ccc2occ(CC(=O)N(Cc3ccco3)C3CCS(=O)(=O)C3)c2c1. The summed E-state index contributed by atoms with van der Waals surface area (Å²) in [6.07, 6.45) is 3.78. The van der Waals surface area contributed by atoms with Gasteiger partial charge in [0, 0.05) is 17.0 Å². The summed E-state index contributed by atoms with van der Waals surface area (Å²) in [6.45, 7) is 2.26. The highest BCUT2D eigenvalue weighted by atomic mass is 32.2. The van der Waals surface area contributed by atoms with Crippen molar-refractivity contribution in [2.24, 2.45) is 0 Å². The lowest BCUT2D eigenvalue weighted by Gasteiger charge is -2.27. The number of benzene rings is 1. The molecule has 1 aliphatic rings. The number of furan rings is 2. The normalized spacial score (nSPS) is 18.8. The second kappa shape index (κ2) is 6.88. The van der Waals surface area contributed by atoms with Crippen molar-refractivity contribution in [3.63, 3.8) is 0 Å². The smallest absolute Gasteiger partial charge is 0.227 e. The molecule has 1 aromatic carbocycles. The molecule has 0 bridgehead atoms. The van der Waals surface area contributed by atoms with E-state index in [9.17, 15) is 13.2 Å². The van der Waals surface area contributed by atoms with E-state index in [1.807, 2.05) is 25.1 Å². The van der Waals surface area contributed by atoms with Gasteiger partial charge in [-0.2, -0.15) is 0 Å². The molecule has 142 valence electrons. The fourth-order valence-electron chi connectivity index (χ4n) is 3.61. The standard InChI is InChI=1S/C20H21NO5S/c1-14-4-5-19-18(9-14)15(12-26-19)10-20(22)21(11-17-3-2-7-25-17)16-6-8-27(23,24)13-16/h2-5,7,9,12,16H,6,8,10-11,13H2,1H3. The molecule has 1 saturated heterocycles. The van der Waals surface area contributed by atoms with Gasteiger partial charge in [-0.1, -0.05) is 11.6 Å². The van der Waals surface area contributed by atoms with Crippen LogP contribution in [0.5, 0.6) is 0 Å². The van der Waals surface area contributed by atoms with E-state index in [0.29, 0.717) is 12.2 Å². The zero-order valence-corrected chi connectivity index (χ0v) is 15.9. The molecule has 3 aromatic rings. The molecule has 1 unspecified atom stereocenters. The zero-order chi connectivity index (χ0) is 19.0. The fourth-order valence-corrected chi connectivity index (χ4v) is 5.34. The number of hydrogen-bond donors (Lipinski definition) is 0. The molecule has 2 aromatic heterocycles. The van der Waals surface area contributed by atoms with E-state index in [-0.39, 0.29) is 36.4 Å². The van der Waals surface area contributed by atoms with E-state index < -0.39 is 9.84 Å². The van der Waals surface area contributed by atoms with E-state index in [0.717, 1.165) is 22.1 Å². The molecule has 0 aliphatic carbocycles. The van der Waals surface area contributed by atoms with Crippen LogP contribution in [-0.4, -0.2) is 36.8 Å². The van der Waals surface area contributed by atoms with Crippen LogP contribution in [0, 0.1) is 6.92 Å². The fraction of sp³-hybridized carbons (Fsp3) is 0.350. The Morgan fingerprint density at radius 2 is 2.11 bits per heavy atom. The first-order valence-corrected chi connectivity index (χ1v) is 10.7. The summed E-state index contributed by atoms with van der Waals surface area (Å²) in [5, 5.41) is 0.917. The maximum absolute atomic E-state index is 13.1. The molecule has 6 nitrogen and oxygen atoms in total. The van der Waals surface area contributed by atoms with Gasteiger partial charge in [0.15, 0.2) is 9.84 Å². The Balaban J connectivity index is 1.60. The van der Waals surface area contributed by atoms with Gasteiger partial charge in [-0.25, -0.2) is 8.42 Å². The minimum atomic E-state index is -3.10. The zero-order valence-electron chi connectivity index (χ0n) is 15.1. The molecule has 4 rings (SSSR count). The molecule has 3 heterocycles. The van der Waals surface area contributed by atoms with Crippen molar-refractivity contribution < 1.29 is 22.0 Å². The molecule has 27 heavy (non-hydrogen) atoms. The van der Waals surface area contributed by atoms with Crippen LogP contribution in [0.1, 0.15) is 23.3 Å². The van der Waals surface area contributed by atoms with E-state index in [2.05, 4.69) is 0 Å². The summed E-state index contributed by atoms with van der Waals surface area (Å²) in [6, 6.07) is 9.08. The number of amides is 1. The Kier molecular flexibility index (Phi) is 4.55. The molecule has 0 N–H and O–H groups in total. The van der Waals surface area contributed by atoms with Crippen LogP contribution in [-0.2, 0) is 27.6 Å². The van der Waals surface area contributed by atoms with Crippen LogP contribution >= 0.6 is 0 Å². The van der Waals surface area contributed by atoms with E-state index in [4.69, 9.17) is 8.83 Å². The van der Waals surface area contributed by atoms with E-state index in [1.165, 1.54) is 0 Å². The lowest BCUT2D eigenvalue weighted by atomic mass is 10.1. The highest BCUT2D eigenvalue weighted by molar-refractivity contribution is 7.91. The van der Waals surface area contributed by atoms with Crippen LogP contribution in [0.15, 0.2) is 51.7 Å². The number of carbonyl (C=O) groups excluding carboxylic acids is 1. The maximum Gasteiger partial charge on any atom is 0.227 e. The highest BCUT2D eigenvalue weighted by Gasteiger charge is 2.35. The molecule has 0 saturated carbocycles. The van der Waals surface area contributed by atoms with Crippen molar-refractivity contribution >= 4 is 26.7 Å². The highest BCUT2D eigenvalue weighted by Crippen LogP contribution is 2.26. The quantitative estimate of drug-likeness (QED) is 0.672. The molecule has 1 atom stereocenters. The van der Waals surface area contributed by atoms with Gasteiger partial charge in [-0.15, -0.1) is 0 Å². The third-order valence-corrected chi connectivity index (χ3v) is 6.78. The Bertz CT molecular complexity index is 1070. The first-order valence-electron chi connectivity index (χ1n) is 8.90. The topological polar surface area (TPSA) is 80.7 Å². The molecule has 1 fully saturated rings. The Morgan fingerprint density at radius 1 is 1.26 bits per heavy atom. The molecular weight excluding hydrogens is 366 g/mol. The maximum atomic E-state index is 13.1. The number of rotatable bonds is 5. The van der Waals surface area contributed by atoms with E-state index in [1.54, 1.807) is 29.6 Å². The van der Waals surface area contributed by atoms with Gasteiger partial charge < -0.3 is 13.7 Å². The second-order valence-electron chi connectivity index (χ2n) is 7.10. The summed E-state index contributed by atoms with van der Waals surface area (Å²) in [4.78, 5) is 14.7. The second-order valence-corrected chi connectivity index (χ2v) is 9.32. The monoisotopic (exact) mass is 387 g/mol. The van der Waals surface area contributed by atoms with Crippen molar-refractivity contribution in [1.29, 1.82) is 0 Å². The van der Waals surface area contributed by atoms with Gasteiger partial charge in [0.1, 0.15) is 11.3 Å². The number of hydrogen-bond acceptors (Lipinski definition) is 5. The summed E-state index contributed by atoms with van der Waals surface area (Å²) in [7, 11) is -3.10.